The van der Waals surface area contributed by atoms with Crippen molar-refractivity contribution in [2.24, 2.45) is 20.9 Å². The number of nitrogens with one attached hydrogen (secondary N) is 1. The molecule has 0 saturated carbocycles. The Morgan fingerprint density at radius 2 is 1.84 bits per heavy atom. The summed E-state index contributed by atoms with van der Waals surface area (Å²) in [5, 5.41) is 3.36. The van der Waals surface area contributed by atoms with Gasteiger partial charge >= 0.3 is 0 Å². The minimum Gasteiger partial charge on any atom is -0.317 e. The van der Waals surface area contributed by atoms with Crippen LogP contribution in [-0.4, -0.2) is 37.3 Å². The molecule has 1 saturated heterocycles. The highest BCUT2D eigenvalue weighted by atomic mass is 19.1. The first-order valence-corrected chi connectivity index (χ1v) is 10.9. The van der Waals surface area contributed by atoms with E-state index in [1.54, 1.807) is 13.1 Å². The van der Waals surface area contributed by atoms with Gasteiger partial charge in [0.25, 0.3) is 0 Å². The number of rotatable bonds is 7. The fraction of sp³-hybridized carbons (Fsp3) is 0.423. The van der Waals surface area contributed by atoms with Gasteiger partial charge in [-0.2, -0.15) is 0 Å². The second-order valence-corrected chi connectivity index (χ2v) is 7.94. The van der Waals surface area contributed by atoms with Crippen LogP contribution in [0.3, 0.4) is 0 Å². The van der Waals surface area contributed by atoms with Crippen molar-refractivity contribution in [3.05, 3.63) is 59.1 Å². The summed E-state index contributed by atoms with van der Waals surface area (Å²) in [5.74, 6) is 0.0299. The number of halogens is 1. The van der Waals surface area contributed by atoms with Crippen molar-refractivity contribution in [1.82, 2.24) is 5.32 Å². The van der Waals surface area contributed by atoms with Gasteiger partial charge in [0.2, 0.25) is 0 Å². The molecule has 0 amide bonds. The lowest BCUT2D eigenvalue weighted by Gasteiger charge is -2.22. The lowest BCUT2D eigenvalue weighted by atomic mass is 9.93. The third kappa shape index (κ3) is 6.66. The summed E-state index contributed by atoms with van der Waals surface area (Å²) in [6.45, 7) is 15.7. The Hall–Kier alpha value is -2.66. The molecule has 0 spiro atoms. The first-order chi connectivity index (χ1) is 14.8. The van der Waals surface area contributed by atoms with Gasteiger partial charge in [0.1, 0.15) is 11.5 Å². The molecule has 0 aromatic heterocycles. The van der Waals surface area contributed by atoms with Crippen molar-refractivity contribution in [3.8, 4) is 0 Å². The monoisotopic (exact) mass is 422 g/mol. The summed E-state index contributed by atoms with van der Waals surface area (Å²) in [7, 11) is 1.71. The number of hydrogen-bond acceptors (Lipinski definition) is 4. The Balaban J connectivity index is 2.42. The van der Waals surface area contributed by atoms with E-state index in [9.17, 15) is 0 Å². The molecule has 166 valence electrons. The molecule has 0 atom stereocenters. The number of allylic oxidation sites excluding steroid dienone is 4. The molecule has 1 aliphatic heterocycles. The molecule has 1 N–H and O–H groups in total. The summed E-state index contributed by atoms with van der Waals surface area (Å²) < 4.78 is 15.2. The molecule has 1 aromatic rings. The predicted molar refractivity (Wildman–Crippen MR) is 134 cm³/mol. The van der Waals surface area contributed by atoms with Crippen LogP contribution in [0.4, 0.5) is 10.1 Å². The Morgan fingerprint density at radius 3 is 2.42 bits per heavy atom. The Bertz CT molecular complexity index is 958. The quantitative estimate of drug-likeness (QED) is 0.514. The van der Waals surface area contributed by atoms with E-state index in [1.165, 1.54) is 6.07 Å². The van der Waals surface area contributed by atoms with Crippen LogP contribution in [0.2, 0.25) is 0 Å². The van der Waals surface area contributed by atoms with Gasteiger partial charge in [-0.05, 0) is 90.2 Å². The smallest absolute Gasteiger partial charge is 0.150 e. The van der Waals surface area contributed by atoms with Crippen LogP contribution in [0.25, 0.3) is 6.08 Å². The fourth-order valence-electron chi connectivity index (χ4n) is 3.55. The molecule has 0 radical (unpaired) electrons. The van der Waals surface area contributed by atoms with Crippen LogP contribution in [0.1, 0.15) is 58.6 Å². The van der Waals surface area contributed by atoms with Crippen molar-refractivity contribution in [3.63, 3.8) is 0 Å². The van der Waals surface area contributed by atoms with E-state index in [0.717, 1.165) is 48.6 Å². The van der Waals surface area contributed by atoms with Gasteiger partial charge in [0, 0.05) is 35.3 Å². The predicted octanol–water partition coefficient (Wildman–Crippen LogP) is 6.31. The highest BCUT2D eigenvalue weighted by Crippen LogP contribution is 2.29. The first-order valence-electron chi connectivity index (χ1n) is 10.9. The minimum absolute atomic E-state index is 0.354. The van der Waals surface area contributed by atoms with Gasteiger partial charge < -0.3 is 5.32 Å². The van der Waals surface area contributed by atoms with Crippen LogP contribution in [0.5, 0.6) is 0 Å². The summed E-state index contributed by atoms with van der Waals surface area (Å²) >= 11 is 0. The maximum absolute atomic E-state index is 15.2. The van der Waals surface area contributed by atoms with E-state index in [0.29, 0.717) is 28.4 Å². The van der Waals surface area contributed by atoms with E-state index in [-0.39, 0.29) is 5.82 Å². The minimum atomic E-state index is -0.358. The lowest BCUT2D eigenvalue weighted by Crippen LogP contribution is -2.30. The van der Waals surface area contributed by atoms with E-state index < -0.39 is 0 Å². The molecule has 0 unspecified atom stereocenters. The topological polar surface area (TPSA) is 49.1 Å². The molecule has 31 heavy (non-hydrogen) atoms. The fourth-order valence-corrected chi connectivity index (χ4v) is 3.55. The Labute approximate surface area is 186 Å². The van der Waals surface area contributed by atoms with Crippen LogP contribution in [0.15, 0.2) is 57.1 Å². The number of piperidine rings is 1. The normalized spacial score (nSPS) is 17.8. The molecule has 2 rings (SSSR count). The Morgan fingerprint density at radius 1 is 1.16 bits per heavy atom. The van der Waals surface area contributed by atoms with Gasteiger partial charge in [-0.1, -0.05) is 18.7 Å². The number of nitrogens with zero attached hydrogens (tertiary/aromatic N) is 3. The van der Waals surface area contributed by atoms with Crippen molar-refractivity contribution in [2.75, 3.05) is 20.1 Å². The third-order valence-electron chi connectivity index (χ3n) is 5.75. The van der Waals surface area contributed by atoms with Crippen molar-refractivity contribution < 1.29 is 4.39 Å². The first kappa shape index (κ1) is 24.6. The SMILES string of the molecule is C=Cc1cc(C(\C=C(C)/C(C)=N\C(C)=C/C)=NC)cc(F)c1N=C(C)C1CCNCC1. The molecule has 0 bridgehead atoms. The average Bonchev–Trinajstić information content (AvgIpc) is 2.78. The zero-order valence-electron chi connectivity index (χ0n) is 19.7. The van der Waals surface area contributed by atoms with Gasteiger partial charge in [-0.3, -0.25) is 15.0 Å². The summed E-state index contributed by atoms with van der Waals surface area (Å²) in [6, 6.07) is 3.41. The highest BCUT2D eigenvalue weighted by molar-refractivity contribution is 6.14. The Kier molecular flexibility index (Phi) is 9.25. The van der Waals surface area contributed by atoms with Crippen LogP contribution in [0, 0.1) is 11.7 Å². The largest absolute Gasteiger partial charge is 0.317 e. The van der Waals surface area contributed by atoms with Crippen LogP contribution in [-0.2, 0) is 0 Å². The summed E-state index contributed by atoms with van der Waals surface area (Å²) in [6.07, 6.45) is 7.62. The van der Waals surface area contributed by atoms with Gasteiger partial charge in [0.05, 0.1) is 5.71 Å². The molecule has 4 nitrogen and oxygen atoms in total. The molecular formula is C26H35FN4. The van der Waals surface area contributed by atoms with Crippen molar-refractivity contribution in [1.29, 1.82) is 0 Å². The molecule has 1 heterocycles. The summed E-state index contributed by atoms with van der Waals surface area (Å²) in [5.41, 5.74) is 6.22. The second kappa shape index (κ2) is 11.7. The van der Waals surface area contributed by atoms with Crippen LogP contribution < -0.4 is 5.32 Å². The van der Waals surface area contributed by atoms with Gasteiger partial charge in [0.15, 0.2) is 0 Å². The van der Waals surface area contributed by atoms with E-state index in [1.807, 2.05) is 52.8 Å². The molecule has 5 heteroatoms. The zero-order valence-corrected chi connectivity index (χ0v) is 19.7. The second-order valence-electron chi connectivity index (χ2n) is 7.94. The highest BCUT2D eigenvalue weighted by Gasteiger charge is 2.18. The molecule has 1 aliphatic rings. The third-order valence-corrected chi connectivity index (χ3v) is 5.75. The molecular weight excluding hydrogens is 387 g/mol. The van der Waals surface area contributed by atoms with Gasteiger partial charge in [-0.25, -0.2) is 4.39 Å². The number of hydrogen-bond donors (Lipinski definition) is 1. The van der Waals surface area contributed by atoms with E-state index >= 15 is 4.39 Å². The van der Waals surface area contributed by atoms with Crippen molar-refractivity contribution in [2.45, 2.75) is 47.5 Å². The van der Waals surface area contributed by atoms with Crippen molar-refractivity contribution >= 4 is 28.9 Å². The standard InChI is InChI=1S/C26H35FN4/c1-8-18(4)30-19(5)17(3)14-25(28-7)23-15-21(9-2)26(24(27)16-23)31-20(6)22-10-12-29-13-11-22/h8-9,14-16,22,29H,2,10-13H2,1,3-7H3/b17-14-,18-8-,28-25?,30-19-,31-20?. The number of benzene rings is 1. The molecule has 1 aromatic carbocycles. The molecule has 0 aliphatic carbocycles. The maximum Gasteiger partial charge on any atom is 0.150 e. The van der Waals surface area contributed by atoms with E-state index in [2.05, 4.69) is 26.9 Å². The van der Waals surface area contributed by atoms with Crippen LogP contribution >= 0.6 is 0 Å². The van der Waals surface area contributed by atoms with E-state index in [4.69, 9.17) is 0 Å². The van der Waals surface area contributed by atoms with Gasteiger partial charge in [-0.15, -0.1) is 0 Å². The lowest BCUT2D eigenvalue weighted by molar-refractivity contribution is 0.455. The summed E-state index contributed by atoms with van der Waals surface area (Å²) in [4.78, 5) is 13.6. The number of aliphatic imine (C=N–C) groups is 3. The zero-order chi connectivity index (χ0) is 23.0. The molecule has 1 fully saturated rings. The average molecular weight is 423 g/mol. The maximum atomic E-state index is 15.2.